The van der Waals surface area contributed by atoms with Crippen LogP contribution >= 0.6 is 0 Å². The van der Waals surface area contributed by atoms with E-state index in [1.165, 1.54) is 19.1 Å². The lowest BCUT2D eigenvalue weighted by molar-refractivity contribution is -0.132. The van der Waals surface area contributed by atoms with E-state index in [9.17, 15) is 14.7 Å². The molecule has 1 amide bonds. The van der Waals surface area contributed by atoms with Crippen LogP contribution in [0.4, 0.5) is 5.69 Å². The van der Waals surface area contributed by atoms with Crippen LogP contribution in [0.25, 0.3) is 5.76 Å². The summed E-state index contributed by atoms with van der Waals surface area (Å²) in [6.45, 7) is 6.32. The lowest BCUT2D eigenvalue weighted by Gasteiger charge is -2.27. The fourth-order valence-corrected chi connectivity index (χ4v) is 4.39. The maximum absolute atomic E-state index is 13.4. The highest BCUT2D eigenvalue weighted by molar-refractivity contribution is 6.51. The summed E-state index contributed by atoms with van der Waals surface area (Å²) in [5.41, 5.74) is 2.47. The molecule has 1 atom stereocenters. The van der Waals surface area contributed by atoms with Gasteiger partial charge >= 0.3 is 0 Å². The fourth-order valence-electron chi connectivity index (χ4n) is 4.39. The Kier molecular flexibility index (Phi) is 6.39. The Labute approximate surface area is 205 Å². The minimum absolute atomic E-state index is 0.0242. The van der Waals surface area contributed by atoms with Gasteiger partial charge in [0.1, 0.15) is 17.3 Å². The first-order chi connectivity index (χ1) is 16.7. The number of benzene rings is 3. The van der Waals surface area contributed by atoms with Gasteiger partial charge in [0.2, 0.25) is 0 Å². The largest absolute Gasteiger partial charge is 0.507 e. The number of carbonyl (C=O) groups excluding carboxylic acids is 2. The van der Waals surface area contributed by atoms with Gasteiger partial charge in [-0.2, -0.15) is 0 Å². The van der Waals surface area contributed by atoms with Crippen LogP contribution in [-0.2, 0) is 15.0 Å². The highest BCUT2D eigenvalue weighted by Crippen LogP contribution is 2.45. The van der Waals surface area contributed by atoms with Crippen molar-refractivity contribution in [2.75, 3.05) is 19.1 Å². The summed E-state index contributed by atoms with van der Waals surface area (Å²) in [5, 5.41) is 11.4. The first-order valence-corrected chi connectivity index (χ1v) is 11.4. The topological polar surface area (TPSA) is 76.1 Å². The van der Waals surface area contributed by atoms with Gasteiger partial charge in [0, 0.05) is 11.3 Å². The summed E-state index contributed by atoms with van der Waals surface area (Å²) in [5.74, 6) is -0.901. The minimum Gasteiger partial charge on any atom is -0.507 e. The van der Waals surface area contributed by atoms with E-state index in [1.807, 2.05) is 36.4 Å². The monoisotopic (exact) mass is 471 g/mol. The molecule has 35 heavy (non-hydrogen) atoms. The molecule has 1 saturated heterocycles. The third-order valence-corrected chi connectivity index (χ3v) is 6.25. The van der Waals surface area contributed by atoms with Crippen LogP contribution in [0.1, 0.15) is 43.5 Å². The fraction of sp³-hybridized carbons (Fsp3) is 0.241. The van der Waals surface area contributed by atoms with E-state index in [2.05, 4.69) is 20.8 Å². The molecule has 0 spiro atoms. The molecule has 1 aliphatic heterocycles. The van der Waals surface area contributed by atoms with E-state index in [1.54, 1.807) is 36.4 Å². The van der Waals surface area contributed by atoms with Crippen LogP contribution in [-0.4, -0.2) is 31.0 Å². The molecular formula is C29H29NO5. The molecule has 0 aliphatic carbocycles. The van der Waals surface area contributed by atoms with Crippen molar-refractivity contribution in [2.45, 2.75) is 32.2 Å². The van der Waals surface area contributed by atoms with Crippen molar-refractivity contribution >= 4 is 23.1 Å². The number of para-hydroxylation sites is 2. The number of ketones is 1. The summed E-state index contributed by atoms with van der Waals surface area (Å²) in [6, 6.07) is 20.7. The number of anilines is 1. The zero-order valence-corrected chi connectivity index (χ0v) is 20.5. The zero-order chi connectivity index (χ0) is 25.3. The highest BCUT2D eigenvalue weighted by atomic mass is 16.5. The molecule has 6 nitrogen and oxygen atoms in total. The molecule has 3 aromatic carbocycles. The SMILES string of the molecule is COc1ccccc1/C(O)=C1\C(=O)C(=O)N(c2ccc(C(C)(C)C)cc2)C1c1ccccc1OC. The Bertz CT molecular complexity index is 1300. The van der Waals surface area contributed by atoms with Gasteiger partial charge in [-0.3, -0.25) is 14.5 Å². The van der Waals surface area contributed by atoms with Crippen LogP contribution < -0.4 is 14.4 Å². The van der Waals surface area contributed by atoms with Crippen LogP contribution in [0.2, 0.25) is 0 Å². The van der Waals surface area contributed by atoms with E-state index in [0.29, 0.717) is 28.3 Å². The van der Waals surface area contributed by atoms with Crippen molar-refractivity contribution in [1.82, 2.24) is 0 Å². The molecule has 1 heterocycles. The number of aliphatic hydroxyl groups excluding tert-OH is 1. The molecule has 6 heteroatoms. The van der Waals surface area contributed by atoms with E-state index in [4.69, 9.17) is 9.47 Å². The lowest BCUT2D eigenvalue weighted by Crippen LogP contribution is -2.29. The van der Waals surface area contributed by atoms with Gasteiger partial charge in [-0.1, -0.05) is 63.2 Å². The van der Waals surface area contributed by atoms with Crippen LogP contribution in [0, 0.1) is 0 Å². The highest BCUT2D eigenvalue weighted by Gasteiger charge is 2.48. The van der Waals surface area contributed by atoms with Crippen molar-refractivity contribution in [3.8, 4) is 11.5 Å². The predicted octanol–water partition coefficient (Wildman–Crippen LogP) is 5.63. The first kappa shape index (κ1) is 24.1. The first-order valence-electron chi connectivity index (χ1n) is 11.4. The van der Waals surface area contributed by atoms with Gasteiger partial charge in [0.15, 0.2) is 0 Å². The van der Waals surface area contributed by atoms with Crippen molar-refractivity contribution in [1.29, 1.82) is 0 Å². The predicted molar refractivity (Wildman–Crippen MR) is 136 cm³/mol. The zero-order valence-electron chi connectivity index (χ0n) is 20.5. The Balaban J connectivity index is 1.97. The summed E-state index contributed by atoms with van der Waals surface area (Å²) < 4.78 is 11.0. The van der Waals surface area contributed by atoms with Crippen molar-refractivity contribution in [3.63, 3.8) is 0 Å². The smallest absolute Gasteiger partial charge is 0.300 e. The standard InChI is InChI=1S/C29H29NO5/c1-29(2,3)18-14-16-19(17-15-18)30-25(20-10-6-8-12-22(20)34-4)24(27(32)28(30)33)26(31)21-11-7-9-13-23(21)35-5/h6-17,25,31H,1-5H3/b26-24+. The maximum Gasteiger partial charge on any atom is 0.300 e. The van der Waals surface area contributed by atoms with Crippen LogP contribution in [0.5, 0.6) is 11.5 Å². The number of rotatable bonds is 5. The Hall–Kier alpha value is -4.06. The molecule has 1 unspecified atom stereocenters. The Morgan fingerprint density at radius 2 is 1.40 bits per heavy atom. The quantitative estimate of drug-likeness (QED) is 0.297. The van der Waals surface area contributed by atoms with E-state index in [0.717, 1.165) is 5.56 Å². The summed E-state index contributed by atoms with van der Waals surface area (Å²) in [6.07, 6.45) is 0. The molecule has 0 aromatic heterocycles. The average molecular weight is 472 g/mol. The molecule has 1 fully saturated rings. The van der Waals surface area contributed by atoms with Gasteiger partial charge in [-0.05, 0) is 41.3 Å². The average Bonchev–Trinajstić information content (AvgIpc) is 3.13. The second-order valence-electron chi connectivity index (χ2n) is 9.41. The number of aliphatic hydroxyl groups is 1. The molecule has 1 aliphatic rings. The molecule has 1 N–H and O–H groups in total. The number of ether oxygens (including phenoxy) is 2. The summed E-state index contributed by atoms with van der Waals surface area (Å²) in [7, 11) is 3.02. The van der Waals surface area contributed by atoms with Crippen molar-refractivity contribution in [2.24, 2.45) is 0 Å². The number of methoxy groups -OCH3 is 2. The second kappa shape index (κ2) is 9.29. The molecule has 0 bridgehead atoms. The lowest BCUT2D eigenvalue weighted by atomic mass is 9.87. The summed E-state index contributed by atoms with van der Waals surface area (Å²) in [4.78, 5) is 28.3. The summed E-state index contributed by atoms with van der Waals surface area (Å²) >= 11 is 0. The number of carbonyl (C=O) groups is 2. The van der Waals surface area contributed by atoms with Gasteiger partial charge in [-0.15, -0.1) is 0 Å². The molecule has 0 saturated carbocycles. The molecular weight excluding hydrogens is 442 g/mol. The van der Waals surface area contributed by atoms with Gasteiger partial charge in [0.25, 0.3) is 11.7 Å². The van der Waals surface area contributed by atoms with Crippen molar-refractivity contribution < 1.29 is 24.2 Å². The Morgan fingerprint density at radius 3 is 2.00 bits per heavy atom. The van der Waals surface area contributed by atoms with Gasteiger partial charge < -0.3 is 14.6 Å². The van der Waals surface area contributed by atoms with E-state index in [-0.39, 0.29) is 16.7 Å². The van der Waals surface area contributed by atoms with Crippen LogP contribution in [0.3, 0.4) is 0 Å². The molecule has 4 rings (SSSR count). The van der Waals surface area contributed by atoms with E-state index < -0.39 is 17.7 Å². The number of nitrogens with zero attached hydrogens (tertiary/aromatic N) is 1. The molecule has 180 valence electrons. The number of Topliss-reactive ketones (excluding diaryl/α,β-unsaturated/α-hetero) is 1. The third kappa shape index (κ3) is 4.28. The number of hydrogen-bond donors (Lipinski definition) is 1. The third-order valence-electron chi connectivity index (χ3n) is 6.25. The molecule has 3 aromatic rings. The van der Waals surface area contributed by atoms with Gasteiger partial charge in [-0.25, -0.2) is 0 Å². The normalized spacial score (nSPS) is 17.5. The van der Waals surface area contributed by atoms with Gasteiger partial charge in [0.05, 0.1) is 31.4 Å². The van der Waals surface area contributed by atoms with Crippen molar-refractivity contribution in [3.05, 3.63) is 95.1 Å². The maximum atomic E-state index is 13.4. The van der Waals surface area contributed by atoms with E-state index >= 15 is 0 Å². The molecule has 0 radical (unpaired) electrons. The Morgan fingerprint density at radius 1 is 0.829 bits per heavy atom. The van der Waals surface area contributed by atoms with Crippen LogP contribution in [0.15, 0.2) is 78.4 Å². The minimum atomic E-state index is -0.892. The number of amides is 1. The second-order valence-corrected chi connectivity index (χ2v) is 9.41. The number of hydrogen-bond acceptors (Lipinski definition) is 5.